The van der Waals surface area contributed by atoms with Crippen LogP contribution in [0, 0.1) is 11.3 Å². The van der Waals surface area contributed by atoms with Crippen molar-refractivity contribution in [2.75, 3.05) is 27.2 Å². The third-order valence-corrected chi connectivity index (χ3v) is 4.57. The number of nitrogens with zero attached hydrogens (tertiary/aromatic N) is 3. The number of carbonyl (C=O) groups is 1. The number of carbonyl (C=O) groups excluding carboxylic acids is 1. The lowest BCUT2D eigenvalue weighted by molar-refractivity contribution is 0.134. The largest absolute Gasteiger partial charge is 0.331 e. The van der Waals surface area contributed by atoms with Gasteiger partial charge in [-0.15, -0.1) is 0 Å². The van der Waals surface area contributed by atoms with E-state index in [2.05, 4.69) is 11.4 Å². The fourth-order valence-electron chi connectivity index (χ4n) is 3.29. The van der Waals surface area contributed by atoms with Gasteiger partial charge in [-0.3, -0.25) is 5.32 Å². The molecule has 2 rings (SSSR count). The van der Waals surface area contributed by atoms with Crippen LogP contribution in [0.5, 0.6) is 0 Å². The van der Waals surface area contributed by atoms with Gasteiger partial charge < -0.3 is 9.80 Å². The highest BCUT2D eigenvalue weighted by Crippen LogP contribution is 2.26. The number of amides is 2. The summed E-state index contributed by atoms with van der Waals surface area (Å²) in [6.07, 6.45) is 7.70. The molecule has 1 saturated carbocycles. The van der Waals surface area contributed by atoms with Gasteiger partial charge in [0, 0.05) is 33.2 Å². The molecule has 1 heterocycles. The first-order valence-electron chi connectivity index (χ1n) is 7.71. The van der Waals surface area contributed by atoms with Gasteiger partial charge in [0.1, 0.15) is 5.54 Å². The van der Waals surface area contributed by atoms with Crippen LogP contribution in [0.15, 0.2) is 0 Å². The van der Waals surface area contributed by atoms with Gasteiger partial charge in [0.25, 0.3) is 0 Å². The maximum Gasteiger partial charge on any atom is 0.319 e. The van der Waals surface area contributed by atoms with Crippen molar-refractivity contribution in [3.05, 3.63) is 0 Å². The molecular formula is C15H26N4O. The number of piperidine rings is 1. The van der Waals surface area contributed by atoms with Crippen LogP contribution in [0.3, 0.4) is 0 Å². The standard InChI is InChI=1S/C15H26N4O/c1-18(2)14(20)19-10-8-15(12-16,9-11-19)17-13-6-4-3-5-7-13/h13,17H,3-11H2,1-2H3. The average Bonchev–Trinajstić information content (AvgIpc) is 2.48. The van der Waals surface area contributed by atoms with E-state index in [1.54, 1.807) is 19.0 Å². The zero-order valence-corrected chi connectivity index (χ0v) is 12.7. The van der Waals surface area contributed by atoms with Crippen LogP contribution in [0.1, 0.15) is 44.9 Å². The minimum absolute atomic E-state index is 0.0502. The Morgan fingerprint density at radius 2 is 1.85 bits per heavy atom. The first kappa shape index (κ1) is 15.1. The van der Waals surface area contributed by atoms with E-state index in [1.165, 1.54) is 32.1 Å². The van der Waals surface area contributed by atoms with E-state index in [4.69, 9.17) is 0 Å². The number of nitriles is 1. The molecule has 20 heavy (non-hydrogen) atoms. The molecule has 0 aromatic carbocycles. The third-order valence-electron chi connectivity index (χ3n) is 4.57. The lowest BCUT2D eigenvalue weighted by Crippen LogP contribution is -2.57. The molecule has 0 aromatic heterocycles. The summed E-state index contributed by atoms with van der Waals surface area (Å²) in [5.74, 6) is 0. The van der Waals surface area contributed by atoms with Crippen molar-refractivity contribution in [2.45, 2.75) is 56.5 Å². The second kappa shape index (κ2) is 6.45. The maximum absolute atomic E-state index is 11.9. The second-order valence-electron chi connectivity index (χ2n) is 6.34. The molecule has 1 aliphatic heterocycles. The van der Waals surface area contributed by atoms with E-state index in [-0.39, 0.29) is 6.03 Å². The number of rotatable bonds is 2. The van der Waals surface area contributed by atoms with Crippen LogP contribution in [-0.4, -0.2) is 54.6 Å². The molecule has 0 radical (unpaired) electrons. The Balaban J connectivity index is 1.91. The Morgan fingerprint density at radius 3 is 2.35 bits per heavy atom. The van der Waals surface area contributed by atoms with Crippen LogP contribution < -0.4 is 5.32 Å². The molecule has 112 valence electrons. The monoisotopic (exact) mass is 278 g/mol. The molecule has 0 spiro atoms. The molecule has 2 aliphatic rings. The highest BCUT2D eigenvalue weighted by Gasteiger charge is 2.38. The lowest BCUT2D eigenvalue weighted by atomic mass is 9.85. The number of urea groups is 1. The van der Waals surface area contributed by atoms with E-state index < -0.39 is 5.54 Å². The van der Waals surface area contributed by atoms with Gasteiger partial charge in [-0.1, -0.05) is 19.3 Å². The fourth-order valence-corrected chi connectivity index (χ4v) is 3.29. The molecule has 2 fully saturated rings. The Morgan fingerprint density at radius 1 is 1.25 bits per heavy atom. The summed E-state index contributed by atoms with van der Waals surface area (Å²) in [6, 6.07) is 3.03. The quantitative estimate of drug-likeness (QED) is 0.840. The van der Waals surface area contributed by atoms with Gasteiger partial charge in [0.15, 0.2) is 0 Å². The van der Waals surface area contributed by atoms with E-state index >= 15 is 0 Å². The Hall–Kier alpha value is -1.28. The summed E-state index contributed by atoms with van der Waals surface area (Å²) in [4.78, 5) is 15.4. The second-order valence-corrected chi connectivity index (χ2v) is 6.34. The maximum atomic E-state index is 11.9. The molecule has 1 saturated heterocycles. The number of hydrogen-bond donors (Lipinski definition) is 1. The third kappa shape index (κ3) is 3.43. The fraction of sp³-hybridized carbons (Fsp3) is 0.867. The summed E-state index contributed by atoms with van der Waals surface area (Å²) >= 11 is 0. The van der Waals surface area contributed by atoms with Crippen molar-refractivity contribution in [1.29, 1.82) is 5.26 Å². The molecule has 5 heteroatoms. The summed E-state index contributed by atoms with van der Waals surface area (Å²) in [6.45, 7) is 1.34. The number of hydrogen-bond acceptors (Lipinski definition) is 3. The van der Waals surface area contributed by atoms with Crippen LogP contribution in [-0.2, 0) is 0 Å². The molecule has 0 atom stereocenters. The highest BCUT2D eigenvalue weighted by molar-refractivity contribution is 5.74. The van der Waals surface area contributed by atoms with Crippen molar-refractivity contribution in [3.8, 4) is 6.07 Å². The number of likely N-dealkylation sites (tertiary alicyclic amines) is 1. The summed E-state index contributed by atoms with van der Waals surface area (Å²) in [5, 5.41) is 13.2. The molecule has 1 aliphatic carbocycles. The highest BCUT2D eigenvalue weighted by atomic mass is 16.2. The Kier molecular flexibility index (Phi) is 4.87. The summed E-state index contributed by atoms with van der Waals surface area (Å²) in [5.41, 5.74) is -0.425. The van der Waals surface area contributed by atoms with Gasteiger partial charge in [-0.05, 0) is 25.7 Å². The zero-order valence-electron chi connectivity index (χ0n) is 12.7. The van der Waals surface area contributed by atoms with Crippen molar-refractivity contribution in [1.82, 2.24) is 15.1 Å². The first-order chi connectivity index (χ1) is 9.56. The summed E-state index contributed by atoms with van der Waals surface area (Å²) in [7, 11) is 3.55. The van der Waals surface area contributed by atoms with Crippen LogP contribution in [0.25, 0.3) is 0 Å². The molecule has 0 aromatic rings. The van der Waals surface area contributed by atoms with Crippen molar-refractivity contribution in [3.63, 3.8) is 0 Å². The number of nitrogens with one attached hydrogen (secondary N) is 1. The normalized spacial score (nSPS) is 23.1. The topological polar surface area (TPSA) is 59.4 Å². The minimum atomic E-state index is -0.425. The van der Waals surface area contributed by atoms with E-state index in [1.807, 2.05) is 4.90 Å². The van der Waals surface area contributed by atoms with Gasteiger partial charge in [0.2, 0.25) is 0 Å². The SMILES string of the molecule is CN(C)C(=O)N1CCC(C#N)(NC2CCCCC2)CC1. The Labute approximate surface area is 121 Å². The molecular weight excluding hydrogens is 252 g/mol. The average molecular weight is 278 g/mol. The van der Waals surface area contributed by atoms with Crippen molar-refractivity contribution in [2.24, 2.45) is 0 Å². The lowest BCUT2D eigenvalue weighted by Gasteiger charge is -2.41. The molecule has 0 bridgehead atoms. The predicted molar refractivity (Wildman–Crippen MR) is 78.2 cm³/mol. The summed E-state index contributed by atoms with van der Waals surface area (Å²) < 4.78 is 0. The molecule has 5 nitrogen and oxygen atoms in total. The van der Waals surface area contributed by atoms with Crippen LogP contribution in [0.4, 0.5) is 4.79 Å². The van der Waals surface area contributed by atoms with Crippen molar-refractivity contribution < 1.29 is 4.79 Å². The van der Waals surface area contributed by atoms with Crippen molar-refractivity contribution >= 4 is 6.03 Å². The van der Waals surface area contributed by atoms with Gasteiger partial charge in [0.05, 0.1) is 6.07 Å². The molecule has 0 unspecified atom stereocenters. The van der Waals surface area contributed by atoms with Crippen LogP contribution >= 0.6 is 0 Å². The smallest absolute Gasteiger partial charge is 0.319 e. The minimum Gasteiger partial charge on any atom is -0.331 e. The van der Waals surface area contributed by atoms with Gasteiger partial charge in [-0.25, -0.2) is 4.79 Å². The zero-order chi connectivity index (χ0) is 14.6. The Bertz CT molecular complexity index is 374. The van der Waals surface area contributed by atoms with Gasteiger partial charge in [-0.2, -0.15) is 5.26 Å². The van der Waals surface area contributed by atoms with E-state index in [9.17, 15) is 10.1 Å². The van der Waals surface area contributed by atoms with E-state index in [0.29, 0.717) is 19.1 Å². The van der Waals surface area contributed by atoms with Crippen LogP contribution in [0.2, 0.25) is 0 Å². The predicted octanol–water partition coefficient (Wildman–Crippen LogP) is 1.95. The molecule has 1 N–H and O–H groups in total. The molecule has 2 amide bonds. The first-order valence-corrected chi connectivity index (χ1v) is 7.71. The van der Waals surface area contributed by atoms with E-state index in [0.717, 1.165) is 12.8 Å². The van der Waals surface area contributed by atoms with Gasteiger partial charge >= 0.3 is 6.03 Å².